The molecule has 9 heteroatoms. The SMILES string of the molecule is O=P(O)(O)O.OCCO.[CaH2].[CaH2]. The number of rotatable bonds is 1. The third-order valence-electron chi connectivity index (χ3n) is 0.1000. The normalized spacial score (nSPS) is 8.09. The quantitative estimate of drug-likeness (QED) is 0.238. The van der Waals surface area contributed by atoms with Gasteiger partial charge in [0, 0.05) is 0 Å². The van der Waals surface area contributed by atoms with Gasteiger partial charge in [0.15, 0.2) is 0 Å². The van der Waals surface area contributed by atoms with Crippen LogP contribution in [0.3, 0.4) is 0 Å². The van der Waals surface area contributed by atoms with E-state index in [1.807, 2.05) is 0 Å². The molecule has 11 heavy (non-hydrogen) atoms. The van der Waals surface area contributed by atoms with Crippen LogP contribution >= 0.6 is 7.82 Å². The van der Waals surface area contributed by atoms with Gasteiger partial charge in [-0.25, -0.2) is 4.57 Å². The summed E-state index contributed by atoms with van der Waals surface area (Å²) in [5.74, 6) is 0. The van der Waals surface area contributed by atoms with Crippen LogP contribution in [0.15, 0.2) is 0 Å². The van der Waals surface area contributed by atoms with Crippen molar-refractivity contribution >= 4 is 83.3 Å². The molecule has 0 amide bonds. The molecule has 0 radical (unpaired) electrons. The van der Waals surface area contributed by atoms with E-state index in [1.54, 1.807) is 0 Å². The van der Waals surface area contributed by atoms with Gasteiger partial charge in [0.25, 0.3) is 0 Å². The van der Waals surface area contributed by atoms with E-state index < -0.39 is 7.82 Å². The average molecular weight is 244 g/mol. The predicted molar refractivity (Wildman–Crippen MR) is 45.5 cm³/mol. The standard InChI is InChI=1S/C2H6O2.2Ca.H3O4P.4H/c3-1-2-4;;;1-5(2,3)4;;;;/h3-4H,1-2H2;;;(H3,1,2,3,4);;;;. The summed E-state index contributed by atoms with van der Waals surface area (Å²) in [5.41, 5.74) is 0. The molecule has 0 aliphatic carbocycles. The number of aliphatic hydroxyl groups is 2. The van der Waals surface area contributed by atoms with Gasteiger partial charge in [0.2, 0.25) is 0 Å². The van der Waals surface area contributed by atoms with E-state index in [0.717, 1.165) is 0 Å². The first kappa shape index (κ1) is 23.4. The number of hydrogen-bond acceptors (Lipinski definition) is 3. The molecule has 0 aliphatic rings. The Morgan fingerprint density at radius 2 is 1.00 bits per heavy atom. The van der Waals surface area contributed by atoms with Crippen molar-refractivity contribution in [1.82, 2.24) is 0 Å². The molecule has 0 unspecified atom stereocenters. The molecule has 0 aromatic rings. The van der Waals surface area contributed by atoms with Crippen LogP contribution < -0.4 is 0 Å². The monoisotopic (exact) mass is 244 g/mol. The predicted octanol–water partition coefficient (Wildman–Crippen LogP) is -3.79. The summed E-state index contributed by atoms with van der Waals surface area (Å²) in [6, 6.07) is 0. The molecule has 0 spiro atoms. The van der Waals surface area contributed by atoms with Gasteiger partial charge in [-0.1, -0.05) is 0 Å². The zero-order chi connectivity index (χ0) is 7.91. The molecule has 0 aromatic heterocycles. The second kappa shape index (κ2) is 15.0. The first-order valence-electron chi connectivity index (χ1n) is 1.92. The Bertz CT molecular complexity index is 82.3. The summed E-state index contributed by atoms with van der Waals surface area (Å²) in [6.07, 6.45) is 0. The van der Waals surface area contributed by atoms with E-state index in [4.69, 9.17) is 29.5 Å². The number of phosphoric acid groups is 1. The summed E-state index contributed by atoms with van der Waals surface area (Å²) in [5, 5.41) is 15.2. The average Bonchev–Trinajstić information content (AvgIpc) is 1.61. The summed E-state index contributed by atoms with van der Waals surface area (Å²) >= 11 is 0. The van der Waals surface area contributed by atoms with Crippen LogP contribution in [0.5, 0.6) is 0 Å². The molecular formula is C2H13Ca2O6P. The van der Waals surface area contributed by atoms with Gasteiger partial charge in [0.1, 0.15) is 0 Å². The van der Waals surface area contributed by atoms with Crippen molar-refractivity contribution in [3.8, 4) is 0 Å². The van der Waals surface area contributed by atoms with Crippen LogP contribution in [0.1, 0.15) is 0 Å². The van der Waals surface area contributed by atoms with E-state index in [-0.39, 0.29) is 88.7 Å². The molecule has 0 aliphatic heterocycles. The summed E-state index contributed by atoms with van der Waals surface area (Å²) < 4.78 is 8.88. The first-order valence-corrected chi connectivity index (χ1v) is 3.48. The Morgan fingerprint density at radius 3 is 1.00 bits per heavy atom. The van der Waals surface area contributed by atoms with Crippen LogP contribution in [0.25, 0.3) is 0 Å². The molecular weight excluding hydrogens is 231 g/mol. The molecule has 0 rings (SSSR count). The topological polar surface area (TPSA) is 118 Å². The minimum atomic E-state index is -4.64. The van der Waals surface area contributed by atoms with Crippen molar-refractivity contribution in [2.75, 3.05) is 13.2 Å². The molecule has 66 valence electrons. The van der Waals surface area contributed by atoms with Gasteiger partial charge in [-0.05, 0) is 0 Å². The van der Waals surface area contributed by atoms with Crippen molar-refractivity contribution in [3.05, 3.63) is 0 Å². The fourth-order valence-electron chi connectivity index (χ4n) is 0. The van der Waals surface area contributed by atoms with E-state index in [0.29, 0.717) is 0 Å². The first-order chi connectivity index (χ1) is 3.91. The van der Waals surface area contributed by atoms with Gasteiger partial charge in [0.05, 0.1) is 13.2 Å². The second-order valence-corrected chi connectivity index (χ2v) is 1.99. The Morgan fingerprint density at radius 1 is 0.909 bits per heavy atom. The van der Waals surface area contributed by atoms with E-state index in [1.165, 1.54) is 0 Å². The van der Waals surface area contributed by atoms with E-state index in [9.17, 15) is 0 Å². The Hall–Kier alpha value is 2.55. The second-order valence-electron chi connectivity index (χ2n) is 0.960. The van der Waals surface area contributed by atoms with Gasteiger partial charge in [-0.3, -0.25) is 0 Å². The summed E-state index contributed by atoms with van der Waals surface area (Å²) in [6.45, 7) is -0.250. The fourth-order valence-corrected chi connectivity index (χ4v) is 0. The van der Waals surface area contributed by atoms with Crippen LogP contribution in [0.4, 0.5) is 0 Å². The van der Waals surface area contributed by atoms with Crippen molar-refractivity contribution < 1.29 is 29.5 Å². The zero-order valence-corrected chi connectivity index (χ0v) is 5.40. The Kier molecular flexibility index (Phi) is 32.0. The molecule has 0 bridgehead atoms. The van der Waals surface area contributed by atoms with Crippen LogP contribution in [-0.4, -0.2) is 114 Å². The van der Waals surface area contributed by atoms with Crippen molar-refractivity contribution in [2.45, 2.75) is 0 Å². The molecule has 0 fully saturated rings. The number of aliphatic hydroxyl groups excluding tert-OH is 2. The van der Waals surface area contributed by atoms with Gasteiger partial charge in [-0.15, -0.1) is 0 Å². The summed E-state index contributed by atoms with van der Waals surface area (Å²) in [7, 11) is -4.64. The number of hydrogen-bond donors (Lipinski definition) is 5. The maximum absolute atomic E-state index is 8.88. The van der Waals surface area contributed by atoms with Crippen LogP contribution in [-0.2, 0) is 4.57 Å². The van der Waals surface area contributed by atoms with Crippen LogP contribution in [0.2, 0.25) is 0 Å². The minimum absolute atomic E-state index is 0. The van der Waals surface area contributed by atoms with Gasteiger partial charge in [-0.2, -0.15) is 0 Å². The molecule has 0 saturated heterocycles. The maximum atomic E-state index is 8.88. The molecule has 0 aromatic carbocycles. The van der Waals surface area contributed by atoms with Crippen molar-refractivity contribution in [3.63, 3.8) is 0 Å². The molecule has 6 nitrogen and oxygen atoms in total. The molecule has 0 atom stereocenters. The third-order valence-corrected chi connectivity index (χ3v) is 0.1000. The Labute approximate surface area is 124 Å². The van der Waals surface area contributed by atoms with Gasteiger partial charge >= 0.3 is 83.3 Å². The fraction of sp³-hybridized carbons (Fsp3) is 1.00. The van der Waals surface area contributed by atoms with Crippen molar-refractivity contribution in [2.24, 2.45) is 0 Å². The van der Waals surface area contributed by atoms with Crippen LogP contribution in [0, 0.1) is 0 Å². The molecule has 5 N–H and O–H groups in total. The zero-order valence-electron chi connectivity index (χ0n) is 4.51. The van der Waals surface area contributed by atoms with Crippen molar-refractivity contribution in [1.29, 1.82) is 0 Å². The summed E-state index contributed by atoms with van der Waals surface area (Å²) in [4.78, 5) is 21.6. The Balaban J connectivity index is -0.0000000383. The van der Waals surface area contributed by atoms with E-state index in [2.05, 4.69) is 0 Å². The molecule has 0 heterocycles. The van der Waals surface area contributed by atoms with E-state index >= 15 is 0 Å². The molecule has 0 saturated carbocycles. The third kappa shape index (κ3) is 111. The van der Waals surface area contributed by atoms with Gasteiger partial charge < -0.3 is 24.9 Å².